The molecule has 0 saturated heterocycles. The van der Waals surface area contributed by atoms with Crippen LogP contribution in [0, 0.1) is 0 Å². The van der Waals surface area contributed by atoms with Crippen molar-refractivity contribution in [3.05, 3.63) is 96.6 Å². The molecule has 1 aromatic heterocycles. The van der Waals surface area contributed by atoms with E-state index in [0.717, 1.165) is 21.8 Å². The minimum absolute atomic E-state index is 0.579. The van der Waals surface area contributed by atoms with Crippen LogP contribution in [0.1, 0.15) is 5.56 Å². The molecule has 0 fully saturated rings. The first-order valence-corrected chi connectivity index (χ1v) is 9.73. The normalized spacial score (nSPS) is 11.1. The lowest BCUT2D eigenvalue weighted by molar-refractivity contribution is 0.306. The summed E-state index contributed by atoms with van der Waals surface area (Å²) in [7, 11) is 0. The Balaban J connectivity index is 1.42. The molecule has 5 aromatic rings. The number of hydrogen-bond donors (Lipinski definition) is 0. The summed E-state index contributed by atoms with van der Waals surface area (Å²) in [6, 6.07) is 31.2. The van der Waals surface area contributed by atoms with Crippen molar-refractivity contribution < 1.29 is 4.74 Å². The van der Waals surface area contributed by atoms with Crippen molar-refractivity contribution in [2.45, 2.75) is 6.61 Å². The molecule has 0 bridgehead atoms. The van der Waals surface area contributed by atoms with Crippen LogP contribution < -0.4 is 4.74 Å². The first kappa shape index (κ1) is 16.0. The monoisotopic (exact) mass is 367 g/mol. The molecule has 0 aliphatic carbocycles. The molecule has 0 unspecified atom stereocenters. The smallest absolute Gasteiger partial charge is 0.124 e. The van der Waals surface area contributed by atoms with Gasteiger partial charge >= 0.3 is 0 Å². The Morgan fingerprint density at radius 1 is 0.741 bits per heavy atom. The summed E-state index contributed by atoms with van der Waals surface area (Å²) in [4.78, 5) is 4.76. The molecule has 4 aromatic carbocycles. The number of aromatic nitrogens is 1. The van der Waals surface area contributed by atoms with Crippen LogP contribution in [0.15, 0.2) is 91.0 Å². The first-order valence-electron chi connectivity index (χ1n) is 8.92. The molecule has 2 nitrogen and oxygen atoms in total. The third-order valence-electron chi connectivity index (χ3n) is 4.60. The van der Waals surface area contributed by atoms with Crippen LogP contribution in [0.3, 0.4) is 0 Å². The van der Waals surface area contributed by atoms with Crippen molar-refractivity contribution in [3.8, 4) is 16.3 Å². The molecule has 1 heterocycles. The third kappa shape index (κ3) is 3.29. The largest absolute Gasteiger partial charge is 0.489 e. The van der Waals surface area contributed by atoms with Crippen molar-refractivity contribution in [1.82, 2.24) is 4.98 Å². The van der Waals surface area contributed by atoms with E-state index in [-0.39, 0.29) is 0 Å². The molecule has 0 amide bonds. The van der Waals surface area contributed by atoms with E-state index in [9.17, 15) is 0 Å². The van der Waals surface area contributed by atoms with Gasteiger partial charge in [-0.2, -0.15) is 0 Å². The lowest BCUT2D eigenvalue weighted by Gasteiger charge is -2.08. The molecule has 5 rings (SSSR count). The van der Waals surface area contributed by atoms with Crippen LogP contribution in [0.2, 0.25) is 0 Å². The Morgan fingerprint density at radius 2 is 1.52 bits per heavy atom. The summed E-state index contributed by atoms with van der Waals surface area (Å²) >= 11 is 1.73. The second kappa shape index (κ2) is 6.86. The van der Waals surface area contributed by atoms with Gasteiger partial charge in [-0.05, 0) is 46.7 Å². The molecule has 27 heavy (non-hydrogen) atoms. The van der Waals surface area contributed by atoms with E-state index < -0.39 is 0 Å². The molecule has 0 aliphatic rings. The second-order valence-corrected chi connectivity index (χ2v) is 7.52. The van der Waals surface area contributed by atoms with Gasteiger partial charge in [-0.25, -0.2) is 4.98 Å². The van der Waals surface area contributed by atoms with Crippen LogP contribution in [-0.2, 0) is 6.61 Å². The van der Waals surface area contributed by atoms with E-state index in [2.05, 4.69) is 60.7 Å². The standard InChI is InChI=1S/C24H17NOS/c1-2-6-17(7-3-1)16-26-21-13-12-18-14-20(11-10-19(18)15-21)24-25-22-8-4-5-9-23(22)27-24/h1-15H,16H2. The van der Waals surface area contributed by atoms with Gasteiger partial charge in [0.2, 0.25) is 0 Å². The maximum Gasteiger partial charge on any atom is 0.124 e. The van der Waals surface area contributed by atoms with Gasteiger partial charge in [0.05, 0.1) is 10.2 Å². The summed E-state index contributed by atoms with van der Waals surface area (Å²) in [6.07, 6.45) is 0. The van der Waals surface area contributed by atoms with Gasteiger partial charge < -0.3 is 4.74 Å². The van der Waals surface area contributed by atoms with E-state index in [4.69, 9.17) is 9.72 Å². The number of nitrogens with zero attached hydrogens (tertiary/aromatic N) is 1. The molecule has 0 spiro atoms. The summed E-state index contributed by atoms with van der Waals surface area (Å²) in [5, 5.41) is 3.42. The quantitative estimate of drug-likeness (QED) is 0.353. The zero-order valence-electron chi connectivity index (χ0n) is 14.6. The van der Waals surface area contributed by atoms with E-state index in [1.165, 1.54) is 21.0 Å². The molecular formula is C24H17NOS. The predicted molar refractivity (Wildman–Crippen MR) is 113 cm³/mol. The van der Waals surface area contributed by atoms with Crippen molar-refractivity contribution in [2.24, 2.45) is 0 Å². The predicted octanol–water partition coefficient (Wildman–Crippen LogP) is 6.70. The highest BCUT2D eigenvalue weighted by Gasteiger charge is 2.07. The first-order chi connectivity index (χ1) is 13.3. The SMILES string of the molecule is c1ccc(COc2ccc3cc(-c4nc5ccccc5s4)ccc3c2)cc1. The highest BCUT2D eigenvalue weighted by Crippen LogP contribution is 2.32. The van der Waals surface area contributed by atoms with Crippen LogP contribution in [0.4, 0.5) is 0 Å². The lowest BCUT2D eigenvalue weighted by atomic mass is 10.1. The summed E-state index contributed by atoms with van der Waals surface area (Å²) in [5.74, 6) is 0.888. The highest BCUT2D eigenvalue weighted by molar-refractivity contribution is 7.21. The second-order valence-electron chi connectivity index (χ2n) is 6.48. The van der Waals surface area contributed by atoms with Gasteiger partial charge in [-0.1, -0.05) is 60.7 Å². The minimum atomic E-state index is 0.579. The Bertz CT molecular complexity index is 1190. The van der Waals surface area contributed by atoms with Crippen molar-refractivity contribution in [1.29, 1.82) is 0 Å². The van der Waals surface area contributed by atoms with Crippen molar-refractivity contribution >= 4 is 32.3 Å². The third-order valence-corrected chi connectivity index (χ3v) is 5.69. The zero-order chi connectivity index (χ0) is 18.1. The number of ether oxygens (including phenoxy) is 1. The average molecular weight is 367 g/mol. The number of fused-ring (bicyclic) bond motifs is 2. The van der Waals surface area contributed by atoms with Crippen molar-refractivity contribution in [2.75, 3.05) is 0 Å². The number of benzene rings is 4. The summed E-state index contributed by atoms with van der Waals surface area (Å²) < 4.78 is 7.16. The maximum atomic E-state index is 5.94. The van der Waals surface area contributed by atoms with E-state index in [0.29, 0.717) is 6.61 Å². The number of para-hydroxylation sites is 1. The Morgan fingerprint density at radius 3 is 2.41 bits per heavy atom. The average Bonchev–Trinajstić information content (AvgIpc) is 3.17. The lowest BCUT2D eigenvalue weighted by Crippen LogP contribution is -1.94. The van der Waals surface area contributed by atoms with E-state index in [1.807, 2.05) is 30.3 Å². The topological polar surface area (TPSA) is 22.1 Å². The number of rotatable bonds is 4. The molecule has 0 radical (unpaired) electrons. The van der Waals surface area contributed by atoms with Gasteiger partial charge in [-0.3, -0.25) is 0 Å². The fourth-order valence-corrected chi connectivity index (χ4v) is 4.15. The van der Waals surface area contributed by atoms with Crippen LogP contribution in [0.5, 0.6) is 5.75 Å². The highest BCUT2D eigenvalue weighted by atomic mass is 32.1. The fraction of sp³-hybridized carbons (Fsp3) is 0.0417. The van der Waals surface area contributed by atoms with Gasteiger partial charge in [0.15, 0.2) is 0 Å². The van der Waals surface area contributed by atoms with Gasteiger partial charge in [0.25, 0.3) is 0 Å². The van der Waals surface area contributed by atoms with E-state index >= 15 is 0 Å². The molecule has 3 heteroatoms. The molecule has 0 atom stereocenters. The molecule has 0 N–H and O–H groups in total. The summed E-state index contributed by atoms with van der Waals surface area (Å²) in [6.45, 7) is 0.579. The number of hydrogen-bond acceptors (Lipinski definition) is 3. The molecule has 0 aliphatic heterocycles. The Kier molecular flexibility index (Phi) is 4.07. The molecule has 130 valence electrons. The molecular weight excluding hydrogens is 350 g/mol. The Hall–Kier alpha value is -3.17. The molecule has 0 saturated carbocycles. The van der Waals surface area contributed by atoms with Gasteiger partial charge in [0, 0.05) is 5.56 Å². The van der Waals surface area contributed by atoms with Gasteiger partial charge in [-0.15, -0.1) is 11.3 Å². The number of thiazole rings is 1. The van der Waals surface area contributed by atoms with E-state index in [1.54, 1.807) is 11.3 Å². The van der Waals surface area contributed by atoms with Crippen molar-refractivity contribution in [3.63, 3.8) is 0 Å². The zero-order valence-corrected chi connectivity index (χ0v) is 15.4. The fourth-order valence-electron chi connectivity index (χ4n) is 3.18. The summed E-state index contributed by atoms with van der Waals surface area (Å²) in [5.41, 5.74) is 3.38. The maximum absolute atomic E-state index is 5.94. The van der Waals surface area contributed by atoms with Gasteiger partial charge in [0.1, 0.15) is 17.4 Å². The minimum Gasteiger partial charge on any atom is -0.489 e. The van der Waals surface area contributed by atoms with Crippen LogP contribution >= 0.6 is 11.3 Å². The Labute approximate surface area is 161 Å². The van der Waals surface area contributed by atoms with Crippen LogP contribution in [-0.4, -0.2) is 4.98 Å². The van der Waals surface area contributed by atoms with Crippen LogP contribution in [0.25, 0.3) is 31.6 Å².